The van der Waals surface area contributed by atoms with Crippen LogP contribution in [-0.2, 0) is 6.42 Å². The Bertz CT molecular complexity index is 627. The van der Waals surface area contributed by atoms with Crippen LogP contribution in [0.15, 0.2) is 27.4 Å². The normalized spacial score (nSPS) is 14.2. The van der Waals surface area contributed by atoms with Gasteiger partial charge in [0.15, 0.2) is 5.76 Å². The lowest BCUT2D eigenvalue weighted by atomic mass is 10.1. The van der Waals surface area contributed by atoms with Crippen LogP contribution in [0, 0.1) is 0 Å². The van der Waals surface area contributed by atoms with E-state index in [2.05, 4.69) is 0 Å². The minimum atomic E-state index is -0.111. The summed E-state index contributed by atoms with van der Waals surface area (Å²) < 4.78 is 16.2. The Labute approximate surface area is 97.8 Å². The Morgan fingerprint density at radius 2 is 2.24 bits per heavy atom. The number of ether oxygens (including phenoxy) is 2. The van der Waals surface area contributed by atoms with E-state index in [9.17, 15) is 4.79 Å². The molecule has 0 saturated carbocycles. The van der Waals surface area contributed by atoms with Crippen molar-refractivity contribution in [2.45, 2.75) is 12.8 Å². The summed E-state index contributed by atoms with van der Waals surface area (Å²) in [5.74, 6) is 1.65. The molecule has 0 amide bonds. The van der Waals surface area contributed by atoms with E-state index in [-0.39, 0.29) is 5.43 Å². The van der Waals surface area contributed by atoms with Crippen LogP contribution in [0.4, 0.5) is 0 Å². The molecule has 0 unspecified atom stereocenters. The Morgan fingerprint density at radius 1 is 1.35 bits per heavy atom. The zero-order chi connectivity index (χ0) is 11.8. The average Bonchev–Trinajstić information content (AvgIpc) is 2.39. The fraction of sp³-hybridized carbons (Fsp3) is 0.308. The third kappa shape index (κ3) is 1.56. The van der Waals surface area contributed by atoms with Crippen LogP contribution >= 0.6 is 0 Å². The summed E-state index contributed by atoms with van der Waals surface area (Å²) in [4.78, 5) is 12.2. The summed E-state index contributed by atoms with van der Waals surface area (Å²) in [5, 5.41) is 0.505. The second-order valence-corrected chi connectivity index (χ2v) is 4.00. The van der Waals surface area contributed by atoms with Crippen LogP contribution in [0.2, 0.25) is 0 Å². The van der Waals surface area contributed by atoms with Crippen molar-refractivity contribution in [3.05, 3.63) is 34.2 Å². The lowest BCUT2D eigenvalue weighted by Crippen LogP contribution is -2.17. The molecule has 1 aromatic heterocycles. The molecule has 17 heavy (non-hydrogen) atoms. The molecular weight excluding hydrogens is 220 g/mol. The van der Waals surface area contributed by atoms with Gasteiger partial charge < -0.3 is 13.9 Å². The van der Waals surface area contributed by atoms with Gasteiger partial charge in [0, 0.05) is 6.42 Å². The van der Waals surface area contributed by atoms with Crippen LogP contribution in [0.3, 0.4) is 0 Å². The number of methoxy groups -OCH3 is 1. The summed E-state index contributed by atoms with van der Waals surface area (Å²) in [6.45, 7) is 0.577. The molecule has 0 spiro atoms. The number of fused-ring (bicyclic) bond motifs is 2. The van der Waals surface area contributed by atoms with E-state index in [0.29, 0.717) is 34.8 Å². The maximum Gasteiger partial charge on any atom is 0.234 e. The van der Waals surface area contributed by atoms with Gasteiger partial charge in [-0.3, -0.25) is 4.79 Å². The number of benzene rings is 1. The predicted molar refractivity (Wildman–Crippen MR) is 62.9 cm³/mol. The van der Waals surface area contributed by atoms with Crippen molar-refractivity contribution in [3.8, 4) is 11.5 Å². The fourth-order valence-electron chi connectivity index (χ4n) is 2.05. The Hall–Kier alpha value is -1.97. The minimum absolute atomic E-state index is 0.111. The van der Waals surface area contributed by atoms with Gasteiger partial charge in [-0.2, -0.15) is 0 Å². The maximum atomic E-state index is 12.2. The number of hydrogen-bond donors (Lipinski definition) is 0. The topological polar surface area (TPSA) is 48.7 Å². The van der Waals surface area contributed by atoms with Gasteiger partial charge in [-0.05, 0) is 24.6 Å². The molecule has 0 N–H and O–H groups in total. The number of hydrogen-bond acceptors (Lipinski definition) is 4. The zero-order valence-electron chi connectivity index (χ0n) is 9.49. The van der Waals surface area contributed by atoms with Gasteiger partial charge in [0.1, 0.15) is 11.3 Å². The SMILES string of the molecule is COc1ccc2oc3c(c(=O)c2c1)OCCC3. The third-order valence-corrected chi connectivity index (χ3v) is 2.92. The zero-order valence-corrected chi connectivity index (χ0v) is 9.49. The van der Waals surface area contributed by atoms with Gasteiger partial charge in [0.25, 0.3) is 0 Å². The molecule has 0 saturated heterocycles. The Kier molecular flexibility index (Phi) is 2.28. The molecular formula is C13H12O4. The van der Waals surface area contributed by atoms with Crippen molar-refractivity contribution < 1.29 is 13.9 Å². The monoisotopic (exact) mass is 232 g/mol. The minimum Gasteiger partial charge on any atom is -0.497 e. The van der Waals surface area contributed by atoms with E-state index in [1.54, 1.807) is 25.3 Å². The van der Waals surface area contributed by atoms with Gasteiger partial charge in [0.05, 0.1) is 19.1 Å². The second-order valence-electron chi connectivity index (χ2n) is 4.00. The van der Waals surface area contributed by atoms with Crippen LogP contribution in [0.25, 0.3) is 11.0 Å². The highest BCUT2D eigenvalue weighted by Crippen LogP contribution is 2.27. The summed E-state index contributed by atoms with van der Waals surface area (Å²) in [6.07, 6.45) is 1.64. The van der Waals surface area contributed by atoms with Crippen LogP contribution in [-0.4, -0.2) is 13.7 Å². The first kappa shape index (κ1) is 10.2. The van der Waals surface area contributed by atoms with Gasteiger partial charge in [-0.15, -0.1) is 0 Å². The van der Waals surface area contributed by atoms with E-state index in [1.165, 1.54) is 0 Å². The molecule has 0 fully saturated rings. The van der Waals surface area contributed by atoms with Crippen molar-refractivity contribution in [2.75, 3.05) is 13.7 Å². The number of aryl methyl sites for hydroxylation is 1. The smallest absolute Gasteiger partial charge is 0.234 e. The standard InChI is InChI=1S/C13H12O4/c1-15-8-4-5-10-9(7-8)12(14)13-11(17-10)3-2-6-16-13/h4-5,7H,2-3,6H2,1H3. The van der Waals surface area contributed by atoms with E-state index < -0.39 is 0 Å². The van der Waals surface area contributed by atoms with Crippen molar-refractivity contribution in [1.82, 2.24) is 0 Å². The van der Waals surface area contributed by atoms with Crippen LogP contribution in [0.1, 0.15) is 12.2 Å². The Morgan fingerprint density at radius 3 is 3.06 bits per heavy atom. The molecule has 0 bridgehead atoms. The molecule has 3 rings (SSSR count). The molecule has 1 aliphatic heterocycles. The quantitative estimate of drug-likeness (QED) is 0.755. The largest absolute Gasteiger partial charge is 0.497 e. The first-order chi connectivity index (χ1) is 8.29. The van der Waals surface area contributed by atoms with Gasteiger partial charge >= 0.3 is 0 Å². The lowest BCUT2D eigenvalue weighted by Gasteiger charge is -2.15. The van der Waals surface area contributed by atoms with Gasteiger partial charge in [0.2, 0.25) is 11.2 Å². The first-order valence-corrected chi connectivity index (χ1v) is 5.56. The number of rotatable bonds is 1. The molecule has 4 heteroatoms. The van der Waals surface area contributed by atoms with Crippen molar-refractivity contribution in [1.29, 1.82) is 0 Å². The maximum absolute atomic E-state index is 12.2. The molecule has 4 nitrogen and oxygen atoms in total. The summed E-state index contributed by atoms with van der Waals surface area (Å²) >= 11 is 0. The average molecular weight is 232 g/mol. The molecule has 2 heterocycles. The van der Waals surface area contributed by atoms with E-state index in [1.807, 2.05) is 0 Å². The first-order valence-electron chi connectivity index (χ1n) is 5.56. The third-order valence-electron chi connectivity index (χ3n) is 2.92. The van der Waals surface area contributed by atoms with Gasteiger partial charge in [-0.25, -0.2) is 0 Å². The lowest BCUT2D eigenvalue weighted by molar-refractivity contribution is 0.262. The van der Waals surface area contributed by atoms with Crippen molar-refractivity contribution in [3.63, 3.8) is 0 Å². The predicted octanol–water partition coefficient (Wildman–Crippen LogP) is 2.13. The highest BCUT2D eigenvalue weighted by molar-refractivity contribution is 5.79. The molecule has 88 valence electrons. The molecule has 1 aromatic carbocycles. The molecule has 0 atom stereocenters. The van der Waals surface area contributed by atoms with Crippen molar-refractivity contribution in [2.24, 2.45) is 0 Å². The highest BCUT2D eigenvalue weighted by atomic mass is 16.5. The van der Waals surface area contributed by atoms with E-state index >= 15 is 0 Å². The van der Waals surface area contributed by atoms with Crippen molar-refractivity contribution >= 4 is 11.0 Å². The van der Waals surface area contributed by atoms with Gasteiger partial charge in [-0.1, -0.05) is 0 Å². The molecule has 0 radical (unpaired) electrons. The highest BCUT2D eigenvalue weighted by Gasteiger charge is 2.19. The van der Waals surface area contributed by atoms with E-state index in [4.69, 9.17) is 13.9 Å². The second kappa shape index (κ2) is 3.80. The summed E-state index contributed by atoms with van der Waals surface area (Å²) in [7, 11) is 1.57. The molecule has 2 aromatic rings. The summed E-state index contributed by atoms with van der Waals surface area (Å²) in [6, 6.07) is 5.21. The van der Waals surface area contributed by atoms with Crippen LogP contribution < -0.4 is 14.9 Å². The summed E-state index contributed by atoms with van der Waals surface area (Å²) in [5.41, 5.74) is 0.472. The fourth-order valence-corrected chi connectivity index (χ4v) is 2.05. The van der Waals surface area contributed by atoms with E-state index in [0.717, 1.165) is 12.8 Å². The molecule has 1 aliphatic rings. The Balaban J connectivity index is 2.33. The molecule has 0 aliphatic carbocycles. The van der Waals surface area contributed by atoms with Crippen LogP contribution in [0.5, 0.6) is 11.5 Å².